The Bertz CT molecular complexity index is 10.1. The Morgan fingerprint density at radius 2 is 0.571 bits per heavy atom. The van der Waals surface area contributed by atoms with Crippen molar-refractivity contribution in [3.8, 4) is 0 Å². The first-order valence-electron chi connectivity index (χ1n) is 0.463. The second-order valence-electron chi connectivity index (χ2n) is 0. The van der Waals surface area contributed by atoms with Gasteiger partial charge in [0.2, 0.25) is 0 Å². The van der Waals surface area contributed by atoms with Crippen molar-refractivity contribution in [3.05, 3.63) is 0 Å². The average molecular weight is 194 g/mol. The van der Waals surface area contributed by atoms with Gasteiger partial charge in [-0.3, -0.25) is 0 Å². The van der Waals surface area contributed by atoms with Crippen molar-refractivity contribution >= 4 is 0 Å². The molecular formula is F3O3Y. The third-order valence-corrected chi connectivity index (χ3v) is 0. The first kappa shape index (κ1) is 25.0. The van der Waals surface area contributed by atoms with Crippen LogP contribution < -0.4 is 15.9 Å². The van der Waals surface area contributed by atoms with Crippen molar-refractivity contribution < 1.29 is 62.2 Å². The molecule has 0 saturated carbocycles. The van der Waals surface area contributed by atoms with Gasteiger partial charge in [-0.05, 0) is 0 Å². The molecule has 7 heavy (non-hydrogen) atoms. The zero-order chi connectivity index (χ0) is 6.00. The van der Waals surface area contributed by atoms with Gasteiger partial charge in [0.25, 0.3) is 0 Å². The fourth-order valence-electron chi connectivity index (χ4n) is 0. The molecule has 0 aromatic rings. The van der Waals surface area contributed by atoms with E-state index in [-0.39, 0.29) is 32.7 Å². The molecule has 0 aliphatic carbocycles. The van der Waals surface area contributed by atoms with Crippen LogP contribution in [0.15, 0.2) is 0 Å². The maximum atomic E-state index is 8.25. The third kappa shape index (κ3) is 258. The van der Waals surface area contributed by atoms with Crippen LogP contribution >= 0.6 is 0 Å². The summed E-state index contributed by atoms with van der Waals surface area (Å²) in [5, 5.41) is 20.2. The summed E-state index contributed by atoms with van der Waals surface area (Å²) in [4.78, 5) is 0. The molecule has 42 valence electrons. The van der Waals surface area contributed by atoms with Gasteiger partial charge in [0.15, 0.2) is 0 Å². The fraction of sp³-hybridized carbons (Fsp3) is 0. The van der Waals surface area contributed by atoms with Crippen LogP contribution in [-0.4, -0.2) is 0 Å². The first-order valence-corrected chi connectivity index (χ1v) is 0.463. The molecule has 0 amide bonds. The molecule has 0 spiro atoms. The summed E-state index contributed by atoms with van der Waals surface area (Å²) < 4.78 is 24.8. The fourth-order valence-corrected chi connectivity index (χ4v) is 0. The van der Waals surface area contributed by atoms with Crippen molar-refractivity contribution in [2.24, 2.45) is 0 Å². The molecule has 0 atom stereocenters. The van der Waals surface area contributed by atoms with Crippen molar-refractivity contribution in [1.29, 1.82) is 0 Å². The monoisotopic (exact) mass is 194 g/mol. The minimum Gasteiger partial charge on any atom is -0.682 e. The van der Waals surface area contributed by atoms with E-state index in [1.54, 1.807) is 0 Å². The average Bonchev–Trinajstić information content (AvgIpc) is 1.81. The second kappa shape index (κ2) is 377. The molecule has 7 heteroatoms. The van der Waals surface area contributed by atoms with Gasteiger partial charge < -0.3 is 29.5 Å². The van der Waals surface area contributed by atoms with Gasteiger partial charge >= 0.3 is 32.7 Å². The molecule has 3 nitrogen and oxygen atoms in total. The van der Waals surface area contributed by atoms with E-state index in [9.17, 15) is 0 Å². The summed E-state index contributed by atoms with van der Waals surface area (Å²) in [5.41, 5.74) is 0. The van der Waals surface area contributed by atoms with E-state index in [1.807, 2.05) is 0 Å². The van der Waals surface area contributed by atoms with E-state index in [0.717, 1.165) is 0 Å². The standard InChI is InChI=1S/3FO.Y/c3*1-2;/q3*-1;+3. The zero-order valence-corrected chi connectivity index (χ0v) is 5.77. The Hall–Kier alpha value is 0.774. The van der Waals surface area contributed by atoms with Gasteiger partial charge in [0.1, 0.15) is 0 Å². The van der Waals surface area contributed by atoms with Gasteiger partial charge in [0.05, 0.1) is 0 Å². The van der Waals surface area contributed by atoms with Crippen LogP contribution in [0.5, 0.6) is 0 Å². The van der Waals surface area contributed by atoms with Crippen LogP contribution in [-0.2, 0) is 32.7 Å². The minimum absolute atomic E-state index is 0. The van der Waals surface area contributed by atoms with Crippen LogP contribution in [0.25, 0.3) is 0 Å². The van der Waals surface area contributed by atoms with Crippen LogP contribution in [0.2, 0.25) is 0 Å². The molecule has 0 aromatic carbocycles. The Labute approximate surface area is 62.4 Å². The van der Waals surface area contributed by atoms with E-state index in [4.69, 9.17) is 29.5 Å². The van der Waals surface area contributed by atoms with Gasteiger partial charge in [0, 0.05) is 0 Å². The quantitative estimate of drug-likeness (QED) is 0.435. The molecule has 0 bridgehead atoms. The molecule has 0 unspecified atom stereocenters. The Kier molecular flexibility index (Phi) is 1350. The number of halogens is 3. The Morgan fingerprint density at radius 1 is 0.571 bits per heavy atom. The molecule has 0 N–H and O–H groups in total. The van der Waals surface area contributed by atoms with E-state index >= 15 is 0 Å². The van der Waals surface area contributed by atoms with Crippen LogP contribution in [0, 0.1) is 0 Å². The second-order valence-corrected chi connectivity index (χ2v) is 0. The molecule has 0 fully saturated rings. The summed E-state index contributed by atoms with van der Waals surface area (Å²) in [7, 11) is 0. The van der Waals surface area contributed by atoms with E-state index in [0.29, 0.717) is 0 Å². The molecule has 0 saturated heterocycles. The van der Waals surface area contributed by atoms with Crippen molar-refractivity contribution in [2.75, 3.05) is 0 Å². The minimum atomic E-state index is 0. The van der Waals surface area contributed by atoms with Crippen molar-refractivity contribution in [3.63, 3.8) is 0 Å². The topological polar surface area (TPSA) is 69.2 Å². The Balaban J connectivity index is -0.00000000900. The number of hydrogen-bond donors (Lipinski definition) is 0. The van der Waals surface area contributed by atoms with E-state index in [1.165, 1.54) is 0 Å². The van der Waals surface area contributed by atoms with Crippen molar-refractivity contribution in [1.82, 2.24) is 0 Å². The molecule has 0 rings (SSSR count). The molecule has 0 radical (unpaired) electrons. The summed E-state index contributed by atoms with van der Waals surface area (Å²) in [6.07, 6.45) is 0. The molecule has 0 aromatic heterocycles. The summed E-state index contributed by atoms with van der Waals surface area (Å²) in [6.45, 7) is 0. The summed E-state index contributed by atoms with van der Waals surface area (Å²) >= 11 is 0. The number of hydrogen-bond acceptors (Lipinski definition) is 3. The van der Waals surface area contributed by atoms with Crippen LogP contribution in [0.1, 0.15) is 0 Å². The van der Waals surface area contributed by atoms with E-state index in [2.05, 4.69) is 0 Å². The van der Waals surface area contributed by atoms with Gasteiger partial charge in [-0.2, -0.15) is 0 Å². The summed E-state index contributed by atoms with van der Waals surface area (Å²) in [5.74, 6) is 0. The molecule has 0 heterocycles. The van der Waals surface area contributed by atoms with Crippen molar-refractivity contribution in [2.45, 2.75) is 0 Å². The number of rotatable bonds is 0. The van der Waals surface area contributed by atoms with Crippen LogP contribution in [0.3, 0.4) is 0 Å². The zero-order valence-electron chi connectivity index (χ0n) is 2.94. The normalized spacial score (nSPS) is 2.57. The SMILES string of the molecule is [O-]F.[O-]F.[O-]F.[Y+3]. The molecule has 0 aliphatic rings. The molecular weight excluding hydrogens is 194 g/mol. The Morgan fingerprint density at radius 3 is 0.571 bits per heavy atom. The molecule has 0 aliphatic heterocycles. The van der Waals surface area contributed by atoms with Crippen LogP contribution in [0.4, 0.5) is 13.6 Å². The third-order valence-electron chi connectivity index (χ3n) is 0. The van der Waals surface area contributed by atoms with Gasteiger partial charge in [-0.1, -0.05) is 0 Å². The predicted octanol–water partition coefficient (Wildman–Crippen LogP) is -2.31. The van der Waals surface area contributed by atoms with Gasteiger partial charge in [-0.15, -0.1) is 0 Å². The largest absolute Gasteiger partial charge is 3.00 e. The van der Waals surface area contributed by atoms with Gasteiger partial charge in [-0.25, -0.2) is 0 Å². The maximum Gasteiger partial charge on any atom is 3.00 e. The van der Waals surface area contributed by atoms with E-state index < -0.39 is 0 Å². The summed E-state index contributed by atoms with van der Waals surface area (Å²) in [6, 6.07) is 0. The predicted molar refractivity (Wildman–Crippen MR) is 3.32 cm³/mol. The smallest absolute Gasteiger partial charge is 0.682 e. The maximum absolute atomic E-state index is 8.25. The first-order chi connectivity index (χ1) is 3.00.